The number of rotatable bonds is 6. The molecule has 0 saturated carbocycles. The Labute approximate surface area is 147 Å². The first-order chi connectivity index (χ1) is 12.1. The molecular formula is C20H22N2O3. The van der Waals surface area contributed by atoms with E-state index in [1.165, 1.54) is 0 Å². The molecule has 3 rings (SSSR count). The first-order valence-electron chi connectivity index (χ1n) is 8.46. The molecule has 2 aromatic rings. The molecule has 5 nitrogen and oxygen atoms in total. The third kappa shape index (κ3) is 4.38. The number of hydrogen-bond donors (Lipinski definition) is 1. The van der Waals surface area contributed by atoms with Crippen LogP contribution in [0.5, 0.6) is 5.75 Å². The summed E-state index contributed by atoms with van der Waals surface area (Å²) in [7, 11) is 0. The van der Waals surface area contributed by atoms with Gasteiger partial charge in [-0.15, -0.1) is 0 Å². The molecule has 0 spiro atoms. The van der Waals surface area contributed by atoms with Gasteiger partial charge in [-0.1, -0.05) is 35.9 Å². The summed E-state index contributed by atoms with van der Waals surface area (Å²) in [5.41, 5.74) is 1.99. The van der Waals surface area contributed by atoms with Crippen molar-refractivity contribution in [2.75, 3.05) is 24.6 Å². The van der Waals surface area contributed by atoms with Crippen molar-refractivity contribution >= 4 is 17.5 Å². The highest BCUT2D eigenvalue weighted by Gasteiger charge is 2.34. The van der Waals surface area contributed by atoms with Gasteiger partial charge in [-0.25, -0.2) is 0 Å². The van der Waals surface area contributed by atoms with Crippen molar-refractivity contribution in [3.8, 4) is 5.75 Å². The summed E-state index contributed by atoms with van der Waals surface area (Å²) in [6, 6.07) is 17.2. The summed E-state index contributed by atoms with van der Waals surface area (Å²) < 4.78 is 5.55. The fourth-order valence-corrected chi connectivity index (χ4v) is 2.86. The van der Waals surface area contributed by atoms with E-state index in [0.29, 0.717) is 19.7 Å². The van der Waals surface area contributed by atoms with E-state index in [4.69, 9.17) is 4.74 Å². The number of para-hydroxylation sites is 1. The zero-order valence-electron chi connectivity index (χ0n) is 14.3. The van der Waals surface area contributed by atoms with Crippen molar-refractivity contribution in [3.63, 3.8) is 0 Å². The second kappa shape index (κ2) is 7.83. The highest BCUT2D eigenvalue weighted by atomic mass is 16.5. The average Bonchev–Trinajstić information content (AvgIpc) is 3.02. The number of carbonyl (C=O) groups is 2. The van der Waals surface area contributed by atoms with Gasteiger partial charge in [0.05, 0.1) is 12.5 Å². The number of carbonyl (C=O) groups excluding carboxylic acids is 2. The zero-order chi connectivity index (χ0) is 17.6. The number of amides is 2. The van der Waals surface area contributed by atoms with Gasteiger partial charge in [0.2, 0.25) is 11.8 Å². The Morgan fingerprint density at radius 3 is 2.60 bits per heavy atom. The van der Waals surface area contributed by atoms with E-state index in [1.807, 2.05) is 61.5 Å². The van der Waals surface area contributed by atoms with Crippen molar-refractivity contribution in [1.29, 1.82) is 0 Å². The predicted octanol–water partition coefficient (Wildman–Crippen LogP) is 2.54. The highest BCUT2D eigenvalue weighted by molar-refractivity contribution is 6.00. The molecule has 1 aliphatic heterocycles. The van der Waals surface area contributed by atoms with Crippen LogP contribution in [0.3, 0.4) is 0 Å². The minimum absolute atomic E-state index is 0.00969. The molecule has 0 bridgehead atoms. The topological polar surface area (TPSA) is 58.6 Å². The lowest BCUT2D eigenvalue weighted by Gasteiger charge is -2.17. The molecule has 5 heteroatoms. The summed E-state index contributed by atoms with van der Waals surface area (Å²) in [5.74, 6) is 0.355. The number of ether oxygens (including phenoxy) is 1. The third-order valence-corrected chi connectivity index (χ3v) is 4.25. The maximum absolute atomic E-state index is 12.3. The lowest BCUT2D eigenvalue weighted by atomic mass is 10.1. The standard InChI is InChI=1S/C20H22N2O3/c1-15-7-9-17(10-8-15)22-14-16(13-19(22)23)20(24)21-11-12-25-18-5-3-2-4-6-18/h2-10,16H,11-14H2,1H3,(H,21,24). The van der Waals surface area contributed by atoms with Crippen LogP contribution in [-0.4, -0.2) is 31.5 Å². The molecule has 1 saturated heterocycles. The first-order valence-corrected chi connectivity index (χ1v) is 8.46. The number of nitrogens with one attached hydrogen (secondary N) is 1. The summed E-state index contributed by atoms with van der Waals surface area (Å²) in [5, 5.41) is 2.85. The smallest absolute Gasteiger partial charge is 0.227 e. The minimum atomic E-state index is -0.314. The fourth-order valence-electron chi connectivity index (χ4n) is 2.86. The molecule has 25 heavy (non-hydrogen) atoms. The monoisotopic (exact) mass is 338 g/mol. The third-order valence-electron chi connectivity index (χ3n) is 4.25. The lowest BCUT2D eigenvalue weighted by Crippen LogP contribution is -2.35. The van der Waals surface area contributed by atoms with E-state index in [9.17, 15) is 9.59 Å². The van der Waals surface area contributed by atoms with Crippen LogP contribution >= 0.6 is 0 Å². The van der Waals surface area contributed by atoms with E-state index in [1.54, 1.807) is 4.90 Å². The van der Waals surface area contributed by atoms with E-state index >= 15 is 0 Å². The SMILES string of the molecule is Cc1ccc(N2CC(C(=O)NCCOc3ccccc3)CC2=O)cc1. The van der Waals surface area contributed by atoms with E-state index in [-0.39, 0.29) is 24.2 Å². The van der Waals surface area contributed by atoms with E-state index in [0.717, 1.165) is 17.0 Å². The highest BCUT2D eigenvalue weighted by Crippen LogP contribution is 2.25. The quantitative estimate of drug-likeness (QED) is 0.824. The van der Waals surface area contributed by atoms with Crippen molar-refractivity contribution < 1.29 is 14.3 Å². The van der Waals surface area contributed by atoms with Gasteiger partial charge >= 0.3 is 0 Å². The summed E-state index contributed by atoms with van der Waals surface area (Å²) in [4.78, 5) is 26.2. The summed E-state index contributed by atoms with van der Waals surface area (Å²) >= 11 is 0. The molecule has 0 aromatic heterocycles. The number of hydrogen-bond acceptors (Lipinski definition) is 3. The molecule has 1 heterocycles. The molecule has 1 N–H and O–H groups in total. The van der Waals surface area contributed by atoms with Crippen LogP contribution in [0, 0.1) is 12.8 Å². The zero-order valence-corrected chi connectivity index (χ0v) is 14.3. The van der Waals surface area contributed by atoms with Crippen molar-refractivity contribution in [3.05, 3.63) is 60.2 Å². The Balaban J connectivity index is 1.46. The number of aryl methyl sites for hydroxylation is 1. The second-order valence-electron chi connectivity index (χ2n) is 6.19. The second-order valence-corrected chi connectivity index (χ2v) is 6.19. The van der Waals surface area contributed by atoms with E-state index in [2.05, 4.69) is 5.32 Å². The maximum atomic E-state index is 12.3. The first kappa shape index (κ1) is 17.0. The lowest BCUT2D eigenvalue weighted by molar-refractivity contribution is -0.126. The van der Waals surface area contributed by atoms with Gasteiger partial charge in [0.1, 0.15) is 12.4 Å². The van der Waals surface area contributed by atoms with Crippen molar-refractivity contribution in [1.82, 2.24) is 5.32 Å². The molecule has 1 atom stereocenters. The Hall–Kier alpha value is -2.82. The summed E-state index contributed by atoms with van der Waals surface area (Å²) in [6.45, 7) is 3.25. The molecule has 130 valence electrons. The van der Waals surface area contributed by atoms with Crippen LogP contribution in [-0.2, 0) is 9.59 Å². The number of benzene rings is 2. The molecular weight excluding hydrogens is 316 g/mol. The van der Waals surface area contributed by atoms with Crippen LogP contribution in [0.2, 0.25) is 0 Å². The van der Waals surface area contributed by atoms with Gasteiger partial charge in [-0.2, -0.15) is 0 Å². The van der Waals surface area contributed by atoms with Crippen molar-refractivity contribution in [2.24, 2.45) is 5.92 Å². The van der Waals surface area contributed by atoms with E-state index < -0.39 is 0 Å². The molecule has 2 amide bonds. The normalized spacial score (nSPS) is 16.8. The average molecular weight is 338 g/mol. The molecule has 0 aliphatic carbocycles. The van der Waals surface area contributed by atoms with Crippen LogP contribution in [0.4, 0.5) is 5.69 Å². The van der Waals surface area contributed by atoms with Gasteiger partial charge in [0, 0.05) is 18.7 Å². The minimum Gasteiger partial charge on any atom is -0.492 e. The van der Waals surface area contributed by atoms with Crippen LogP contribution in [0.1, 0.15) is 12.0 Å². The van der Waals surface area contributed by atoms with Crippen LogP contribution in [0.25, 0.3) is 0 Å². The Bertz CT molecular complexity index is 728. The predicted molar refractivity (Wildman–Crippen MR) is 96.6 cm³/mol. The Morgan fingerprint density at radius 2 is 1.88 bits per heavy atom. The van der Waals surface area contributed by atoms with Gasteiger partial charge in [0.25, 0.3) is 0 Å². The van der Waals surface area contributed by atoms with Crippen molar-refractivity contribution in [2.45, 2.75) is 13.3 Å². The van der Waals surface area contributed by atoms with Gasteiger partial charge in [-0.3, -0.25) is 9.59 Å². The maximum Gasteiger partial charge on any atom is 0.227 e. The van der Waals surface area contributed by atoms with Gasteiger partial charge < -0.3 is 15.0 Å². The molecule has 1 aliphatic rings. The Morgan fingerprint density at radius 1 is 1.16 bits per heavy atom. The van der Waals surface area contributed by atoms with Gasteiger partial charge in [0.15, 0.2) is 0 Å². The molecule has 2 aromatic carbocycles. The number of anilines is 1. The molecule has 1 fully saturated rings. The largest absolute Gasteiger partial charge is 0.492 e. The summed E-state index contributed by atoms with van der Waals surface area (Å²) in [6.07, 6.45) is 0.249. The Kier molecular flexibility index (Phi) is 5.33. The van der Waals surface area contributed by atoms with Gasteiger partial charge in [-0.05, 0) is 31.2 Å². The molecule has 0 radical (unpaired) electrons. The van der Waals surface area contributed by atoms with Crippen LogP contribution in [0.15, 0.2) is 54.6 Å². The fraction of sp³-hybridized carbons (Fsp3) is 0.300. The molecule has 1 unspecified atom stereocenters. The van der Waals surface area contributed by atoms with Crippen LogP contribution < -0.4 is 15.0 Å². The number of nitrogens with zero attached hydrogens (tertiary/aromatic N) is 1.